The first-order valence-corrected chi connectivity index (χ1v) is 6.39. The standard InChI is InChI=1S/C16H15NO/c18-16(15-5-2-10-17-11-15)14-8-6-13(7-9-14)12-3-1-4-12/h2,5-12H,1,3-4H2. The summed E-state index contributed by atoms with van der Waals surface area (Å²) in [6, 6.07) is 11.6. The van der Waals surface area contributed by atoms with Crippen molar-refractivity contribution < 1.29 is 4.79 Å². The molecular weight excluding hydrogens is 222 g/mol. The fraction of sp³-hybridized carbons (Fsp3) is 0.250. The molecule has 0 N–H and O–H groups in total. The molecule has 0 aliphatic heterocycles. The van der Waals surface area contributed by atoms with Crippen molar-refractivity contribution in [2.75, 3.05) is 0 Å². The van der Waals surface area contributed by atoms with Gasteiger partial charge in [-0.25, -0.2) is 0 Å². The number of aromatic nitrogens is 1. The number of nitrogens with zero attached hydrogens (tertiary/aromatic N) is 1. The number of benzene rings is 1. The maximum atomic E-state index is 12.2. The number of carbonyl (C=O) groups excluding carboxylic acids is 1. The number of rotatable bonds is 3. The first-order chi connectivity index (χ1) is 8.84. The van der Waals surface area contributed by atoms with Crippen LogP contribution in [0.25, 0.3) is 0 Å². The summed E-state index contributed by atoms with van der Waals surface area (Å²) in [5.41, 5.74) is 2.75. The van der Waals surface area contributed by atoms with Crippen molar-refractivity contribution in [3.8, 4) is 0 Å². The summed E-state index contributed by atoms with van der Waals surface area (Å²) in [6.07, 6.45) is 7.20. The Bertz CT molecular complexity index is 541. The molecule has 1 aromatic carbocycles. The van der Waals surface area contributed by atoms with Crippen molar-refractivity contribution in [2.45, 2.75) is 25.2 Å². The fourth-order valence-corrected chi connectivity index (χ4v) is 2.31. The van der Waals surface area contributed by atoms with E-state index in [-0.39, 0.29) is 5.78 Å². The average Bonchev–Trinajstić information content (AvgIpc) is 2.38. The quantitative estimate of drug-likeness (QED) is 0.764. The van der Waals surface area contributed by atoms with Crippen LogP contribution in [0.5, 0.6) is 0 Å². The summed E-state index contributed by atoms with van der Waals surface area (Å²) in [7, 11) is 0. The lowest BCUT2D eigenvalue weighted by Gasteiger charge is -2.25. The molecule has 3 rings (SSSR count). The highest BCUT2D eigenvalue weighted by Crippen LogP contribution is 2.36. The molecule has 1 fully saturated rings. The minimum absolute atomic E-state index is 0.0447. The Labute approximate surface area is 107 Å². The van der Waals surface area contributed by atoms with E-state index in [0.29, 0.717) is 11.5 Å². The van der Waals surface area contributed by atoms with Gasteiger partial charge >= 0.3 is 0 Å². The van der Waals surface area contributed by atoms with Gasteiger partial charge in [-0.15, -0.1) is 0 Å². The molecule has 1 aliphatic carbocycles. The second-order valence-electron chi connectivity index (χ2n) is 4.82. The molecule has 0 unspecified atom stereocenters. The lowest BCUT2D eigenvalue weighted by Crippen LogP contribution is -2.09. The zero-order chi connectivity index (χ0) is 12.4. The number of hydrogen-bond acceptors (Lipinski definition) is 2. The summed E-state index contributed by atoms with van der Waals surface area (Å²) in [4.78, 5) is 16.1. The summed E-state index contributed by atoms with van der Waals surface area (Å²) in [5.74, 6) is 0.760. The van der Waals surface area contributed by atoms with Gasteiger partial charge in [-0.3, -0.25) is 9.78 Å². The zero-order valence-corrected chi connectivity index (χ0v) is 10.2. The molecule has 0 saturated heterocycles. The van der Waals surface area contributed by atoms with Crippen LogP contribution in [-0.2, 0) is 0 Å². The van der Waals surface area contributed by atoms with Crippen molar-refractivity contribution in [3.05, 3.63) is 65.5 Å². The molecule has 0 atom stereocenters. The number of hydrogen-bond donors (Lipinski definition) is 0. The molecular formula is C16H15NO. The molecule has 0 bridgehead atoms. The van der Waals surface area contributed by atoms with Gasteiger partial charge in [0.05, 0.1) is 0 Å². The van der Waals surface area contributed by atoms with E-state index in [1.165, 1.54) is 24.8 Å². The summed E-state index contributed by atoms with van der Waals surface area (Å²) in [5, 5.41) is 0. The molecule has 1 aromatic heterocycles. The predicted molar refractivity (Wildman–Crippen MR) is 70.7 cm³/mol. The van der Waals surface area contributed by atoms with E-state index >= 15 is 0 Å². The predicted octanol–water partition coefficient (Wildman–Crippen LogP) is 3.58. The fourth-order valence-electron chi connectivity index (χ4n) is 2.31. The van der Waals surface area contributed by atoms with Crippen molar-refractivity contribution in [1.82, 2.24) is 4.98 Å². The second-order valence-corrected chi connectivity index (χ2v) is 4.82. The third-order valence-electron chi connectivity index (χ3n) is 3.67. The third kappa shape index (κ3) is 2.06. The Balaban J connectivity index is 1.82. The van der Waals surface area contributed by atoms with Gasteiger partial charge in [0.1, 0.15) is 0 Å². The molecule has 0 spiro atoms. The Kier molecular flexibility index (Phi) is 2.93. The summed E-state index contributed by atoms with van der Waals surface area (Å²) in [6.45, 7) is 0. The topological polar surface area (TPSA) is 30.0 Å². The van der Waals surface area contributed by atoms with E-state index in [1.54, 1.807) is 24.5 Å². The smallest absolute Gasteiger partial charge is 0.194 e. The number of pyridine rings is 1. The van der Waals surface area contributed by atoms with Crippen LogP contribution in [0.2, 0.25) is 0 Å². The van der Waals surface area contributed by atoms with Gasteiger partial charge in [0.25, 0.3) is 0 Å². The Hall–Kier alpha value is -1.96. The Morgan fingerprint density at radius 3 is 2.39 bits per heavy atom. The molecule has 1 heterocycles. The molecule has 90 valence electrons. The van der Waals surface area contributed by atoms with E-state index in [2.05, 4.69) is 17.1 Å². The third-order valence-corrected chi connectivity index (χ3v) is 3.67. The first-order valence-electron chi connectivity index (χ1n) is 6.39. The first kappa shape index (κ1) is 11.1. The SMILES string of the molecule is O=C(c1ccc(C2CCC2)cc1)c1cccnc1. The highest BCUT2D eigenvalue weighted by atomic mass is 16.1. The van der Waals surface area contributed by atoms with Gasteiger partial charge in [0, 0.05) is 23.5 Å². The molecule has 2 heteroatoms. The normalized spacial score (nSPS) is 15.1. The van der Waals surface area contributed by atoms with E-state index in [4.69, 9.17) is 0 Å². The van der Waals surface area contributed by atoms with E-state index in [9.17, 15) is 4.79 Å². The second kappa shape index (κ2) is 4.73. The maximum Gasteiger partial charge on any atom is 0.194 e. The van der Waals surface area contributed by atoms with Crippen LogP contribution in [0.3, 0.4) is 0 Å². The Morgan fingerprint density at radius 1 is 1.06 bits per heavy atom. The van der Waals surface area contributed by atoms with Crippen molar-refractivity contribution in [1.29, 1.82) is 0 Å². The highest BCUT2D eigenvalue weighted by Gasteiger charge is 2.19. The van der Waals surface area contributed by atoms with Crippen LogP contribution in [0.1, 0.15) is 46.7 Å². The minimum Gasteiger partial charge on any atom is -0.289 e. The lowest BCUT2D eigenvalue weighted by atomic mass is 9.80. The molecule has 0 radical (unpaired) electrons. The maximum absolute atomic E-state index is 12.2. The van der Waals surface area contributed by atoms with Gasteiger partial charge in [-0.2, -0.15) is 0 Å². The van der Waals surface area contributed by atoms with Crippen molar-refractivity contribution >= 4 is 5.78 Å². The summed E-state index contributed by atoms with van der Waals surface area (Å²) < 4.78 is 0. The van der Waals surface area contributed by atoms with Crippen molar-refractivity contribution in [3.63, 3.8) is 0 Å². The van der Waals surface area contributed by atoms with Gasteiger partial charge in [0.15, 0.2) is 5.78 Å². The van der Waals surface area contributed by atoms with Gasteiger partial charge < -0.3 is 0 Å². The largest absolute Gasteiger partial charge is 0.289 e. The minimum atomic E-state index is 0.0447. The molecule has 1 aliphatic rings. The lowest BCUT2D eigenvalue weighted by molar-refractivity contribution is 0.103. The monoisotopic (exact) mass is 237 g/mol. The Morgan fingerprint density at radius 2 is 1.83 bits per heavy atom. The van der Waals surface area contributed by atoms with Gasteiger partial charge in [-0.1, -0.05) is 30.7 Å². The average molecular weight is 237 g/mol. The molecule has 2 nitrogen and oxygen atoms in total. The van der Waals surface area contributed by atoms with Crippen LogP contribution in [-0.4, -0.2) is 10.8 Å². The number of ketones is 1. The van der Waals surface area contributed by atoms with Crippen LogP contribution in [0.4, 0.5) is 0 Å². The molecule has 2 aromatic rings. The van der Waals surface area contributed by atoms with E-state index < -0.39 is 0 Å². The van der Waals surface area contributed by atoms with Gasteiger partial charge in [0.2, 0.25) is 0 Å². The zero-order valence-electron chi connectivity index (χ0n) is 10.2. The van der Waals surface area contributed by atoms with Crippen molar-refractivity contribution in [2.24, 2.45) is 0 Å². The van der Waals surface area contributed by atoms with E-state index in [0.717, 1.165) is 5.56 Å². The molecule has 1 saturated carbocycles. The van der Waals surface area contributed by atoms with E-state index in [1.807, 2.05) is 12.1 Å². The number of carbonyl (C=O) groups is 1. The van der Waals surface area contributed by atoms with Crippen LogP contribution < -0.4 is 0 Å². The highest BCUT2D eigenvalue weighted by molar-refractivity contribution is 6.08. The summed E-state index contributed by atoms with van der Waals surface area (Å²) >= 11 is 0. The van der Waals surface area contributed by atoms with Crippen LogP contribution in [0, 0.1) is 0 Å². The van der Waals surface area contributed by atoms with Crippen LogP contribution in [0.15, 0.2) is 48.8 Å². The van der Waals surface area contributed by atoms with Crippen LogP contribution >= 0.6 is 0 Å². The molecule has 0 amide bonds. The molecule has 18 heavy (non-hydrogen) atoms. The van der Waals surface area contributed by atoms with Gasteiger partial charge in [-0.05, 0) is 36.5 Å².